The molecule has 1 saturated carbocycles. The number of piperidine rings is 1. The summed E-state index contributed by atoms with van der Waals surface area (Å²) in [6.45, 7) is 3.89. The van der Waals surface area contributed by atoms with Gasteiger partial charge in [-0.05, 0) is 47.4 Å². The summed E-state index contributed by atoms with van der Waals surface area (Å²) in [5.41, 5.74) is 1.76. The van der Waals surface area contributed by atoms with E-state index >= 15 is 0 Å². The van der Waals surface area contributed by atoms with Crippen LogP contribution in [0, 0.1) is 17.8 Å². The zero-order valence-electron chi connectivity index (χ0n) is 23.8. The van der Waals surface area contributed by atoms with Crippen LogP contribution in [0.5, 0.6) is 11.6 Å². The second-order valence-electron chi connectivity index (χ2n) is 11.7. The molecule has 3 atom stereocenters. The average Bonchev–Trinajstić information content (AvgIpc) is 3.43. The third-order valence-corrected chi connectivity index (χ3v) is 8.69. The van der Waals surface area contributed by atoms with E-state index in [0.717, 1.165) is 32.6 Å². The van der Waals surface area contributed by atoms with Gasteiger partial charge in [0.05, 0.1) is 19.1 Å². The molecule has 2 amide bonds. The number of fused-ring (bicyclic) bond motifs is 1. The maximum atomic E-state index is 13.2. The quantitative estimate of drug-likeness (QED) is 0.361. The van der Waals surface area contributed by atoms with Crippen molar-refractivity contribution >= 4 is 12.0 Å². The van der Waals surface area contributed by atoms with Crippen LogP contribution in [0.25, 0.3) is 0 Å². The van der Waals surface area contributed by atoms with Gasteiger partial charge < -0.3 is 23.8 Å². The van der Waals surface area contributed by atoms with Crippen LogP contribution in [-0.2, 0) is 18.4 Å². The number of hydrogen-bond acceptors (Lipinski definition) is 6. The van der Waals surface area contributed by atoms with Crippen molar-refractivity contribution in [3.8, 4) is 11.6 Å². The lowest BCUT2D eigenvalue weighted by Gasteiger charge is -2.26. The maximum absolute atomic E-state index is 13.2. The molecule has 1 aromatic heterocycles. The van der Waals surface area contributed by atoms with Crippen LogP contribution >= 0.6 is 0 Å². The lowest BCUT2D eigenvalue weighted by Crippen LogP contribution is -2.40. The third-order valence-electron chi connectivity index (χ3n) is 8.69. The average molecular weight is 598 g/mol. The summed E-state index contributed by atoms with van der Waals surface area (Å²) in [5, 5.41) is 0. The first-order valence-electron chi connectivity index (χ1n) is 14.5. The SMILES string of the molecule is Cn1cnc(OC(=O)N(Cc2cccc(OC(F)(F)F)c2)CC2C3CN(CC(=O)N4CCC(c5ccccc5)C4)CC32)c1. The second-order valence-corrected chi connectivity index (χ2v) is 11.7. The first kappa shape index (κ1) is 29.0. The number of carbonyl (C=O) groups is 2. The molecule has 2 aromatic carbocycles. The Balaban J connectivity index is 1.04. The van der Waals surface area contributed by atoms with Gasteiger partial charge in [0.25, 0.3) is 0 Å². The summed E-state index contributed by atoms with van der Waals surface area (Å²) in [4.78, 5) is 36.0. The molecule has 43 heavy (non-hydrogen) atoms. The van der Waals surface area contributed by atoms with Crippen molar-refractivity contribution in [3.05, 3.63) is 78.2 Å². The summed E-state index contributed by atoms with van der Waals surface area (Å²) in [5.74, 6) is 1.22. The lowest BCUT2D eigenvalue weighted by atomic mass is 9.99. The predicted octanol–water partition coefficient (Wildman–Crippen LogP) is 4.51. The molecule has 0 bridgehead atoms. The van der Waals surface area contributed by atoms with E-state index in [9.17, 15) is 22.8 Å². The summed E-state index contributed by atoms with van der Waals surface area (Å²) in [7, 11) is 1.75. The smallest absolute Gasteiger partial charge is 0.406 e. The number of nitrogens with zero attached hydrogens (tertiary/aromatic N) is 5. The molecular formula is C31H34F3N5O4. The van der Waals surface area contributed by atoms with E-state index in [2.05, 4.69) is 26.8 Å². The number of benzene rings is 2. The third kappa shape index (κ3) is 7.12. The number of imidazole rings is 1. The topological polar surface area (TPSA) is 80.1 Å². The number of hydrogen-bond donors (Lipinski definition) is 0. The van der Waals surface area contributed by atoms with E-state index in [0.29, 0.717) is 36.4 Å². The van der Waals surface area contributed by atoms with Crippen LogP contribution in [0.2, 0.25) is 0 Å². The fraction of sp³-hybridized carbons (Fsp3) is 0.452. The fourth-order valence-electron chi connectivity index (χ4n) is 6.53. The number of aryl methyl sites for hydroxylation is 1. The number of amides is 2. The van der Waals surface area contributed by atoms with Crippen LogP contribution in [0.4, 0.5) is 18.0 Å². The highest BCUT2D eigenvalue weighted by Crippen LogP contribution is 2.52. The molecule has 3 aromatic rings. The van der Waals surface area contributed by atoms with Gasteiger partial charge in [-0.3, -0.25) is 9.69 Å². The number of carbonyl (C=O) groups excluding carboxylic acids is 2. The first-order valence-corrected chi connectivity index (χ1v) is 14.5. The van der Waals surface area contributed by atoms with E-state index in [4.69, 9.17) is 4.74 Å². The largest absolute Gasteiger partial charge is 0.573 e. The molecule has 9 nitrogen and oxygen atoms in total. The second kappa shape index (κ2) is 11.9. The van der Waals surface area contributed by atoms with Gasteiger partial charge in [0.1, 0.15) is 5.75 Å². The number of likely N-dealkylation sites (tertiary alicyclic amines) is 2. The number of alkyl halides is 3. The summed E-state index contributed by atoms with van der Waals surface area (Å²) in [6, 6.07) is 15.9. The van der Waals surface area contributed by atoms with E-state index in [1.165, 1.54) is 35.0 Å². The lowest BCUT2D eigenvalue weighted by molar-refractivity contribution is -0.274. The first-order chi connectivity index (χ1) is 20.6. The maximum Gasteiger partial charge on any atom is 0.573 e. The Bertz CT molecular complexity index is 1440. The van der Waals surface area contributed by atoms with E-state index < -0.39 is 12.5 Å². The molecule has 3 fully saturated rings. The molecule has 1 aliphatic carbocycles. The normalized spacial score (nSPS) is 23.2. The molecule has 0 N–H and O–H groups in total. The molecule has 6 rings (SSSR count). The molecule has 12 heteroatoms. The molecule has 228 valence electrons. The number of rotatable bonds is 9. The Morgan fingerprint density at radius 3 is 2.51 bits per heavy atom. The van der Waals surface area contributed by atoms with Gasteiger partial charge >= 0.3 is 12.5 Å². The highest BCUT2D eigenvalue weighted by Gasteiger charge is 2.56. The van der Waals surface area contributed by atoms with Gasteiger partial charge in [-0.15, -0.1) is 13.2 Å². The van der Waals surface area contributed by atoms with Crippen LogP contribution in [0.1, 0.15) is 23.5 Å². The van der Waals surface area contributed by atoms with E-state index in [1.807, 2.05) is 23.1 Å². The molecule has 2 saturated heterocycles. The summed E-state index contributed by atoms with van der Waals surface area (Å²) < 4.78 is 49.5. The van der Waals surface area contributed by atoms with Gasteiger partial charge in [0, 0.05) is 52.2 Å². The predicted molar refractivity (Wildman–Crippen MR) is 150 cm³/mol. The highest BCUT2D eigenvalue weighted by atomic mass is 19.4. The zero-order valence-corrected chi connectivity index (χ0v) is 23.8. The number of aromatic nitrogens is 2. The Labute approximate surface area is 247 Å². The van der Waals surface area contributed by atoms with Crippen molar-refractivity contribution in [1.29, 1.82) is 0 Å². The molecule has 3 heterocycles. The molecule has 3 aliphatic rings. The number of halogens is 3. The minimum Gasteiger partial charge on any atom is -0.406 e. The Hall–Kier alpha value is -4.06. The molecule has 0 spiro atoms. The van der Waals surface area contributed by atoms with Crippen LogP contribution in [0.15, 0.2) is 67.1 Å². The van der Waals surface area contributed by atoms with Crippen LogP contribution in [0.3, 0.4) is 0 Å². The van der Waals surface area contributed by atoms with E-state index in [-0.39, 0.29) is 30.0 Å². The van der Waals surface area contributed by atoms with Crippen molar-refractivity contribution in [2.75, 3.05) is 39.3 Å². The summed E-state index contributed by atoms with van der Waals surface area (Å²) in [6.07, 6.45) is -1.39. The van der Waals surface area contributed by atoms with Gasteiger partial charge in [-0.1, -0.05) is 42.5 Å². The van der Waals surface area contributed by atoms with Crippen LogP contribution < -0.4 is 9.47 Å². The molecule has 2 aliphatic heterocycles. The van der Waals surface area contributed by atoms with Gasteiger partial charge in [-0.25, -0.2) is 9.78 Å². The standard InChI is InChI=1S/C31H34F3N5O4/c1-36-18-28(35-20-36)42-30(41)39(13-21-6-5-9-24(12-21)43-31(32,33)34)17-27-25-15-37(16-26(25)27)19-29(40)38-11-10-23(14-38)22-7-3-2-4-8-22/h2-9,12,18,20,23,25-27H,10-11,13-17,19H2,1H3. The minimum absolute atomic E-state index is 0.0520. The fourth-order valence-corrected chi connectivity index (χ4v) is 6.53. The van der Waals surface area contributed by atoms with Crippen molar-refractivity contribution in [1.82, 2.24) is 24.3 Å². The molecule has 0 radical (unpaired) electrons. The summed E-state index contributed by atoms with van der Waals surface area (Å²) >= 11 is 0. The Kier molecular flexibility index (Phi) is 8.04. The van der Waals surface area contributed by atoms with Crippen molar-refractivity contribution in [2.45, 2.75) is 25.2 Å². The van der Waals surface area contributed by atoms with Gasteiger partial charge in [0.2, 0.25) is 11.8 Å². The van der Waals surface area contributed by atoms with Crippen LogP contribution in [-0.4, -0.2) is 81.9 Å². The molecular weight excluding hydrogens is 563 g/mol. The van der Waals surface area contributed by atoms with Gasteiger partial charge in [-0.2, -0.15) is 0 Å². The van der Waals surface area contributed by atoms with Gasteiger partial charge in [0.15, 0.2) is 0 Å². The highest BCUT2D eigenvalue weighted by molar-refractivity contribution is 5.78. The zero-order chi connectivity index (χ0) is 30.1. The molecule has 3 unspecified atom stereocenters. The van der Waals surface area contributed by atoms with E-state index in [1.54, 1.807) is 23.9 Å². The monoisotopic (exact) mass is 597 g/mol. The van der Waals surface area contributed by atoms with Crippen molar-refractivity contribution in [3.63, 3.8) is 0 Å². The van der Waals surface area contributed by atoms with Crippen molar-refractivity contribution in [2.24, 2.45) is 24.8 Å². The Morgan fingerprint density at radius 1 is 1.05 bits per heavy atom. The number of ether oxygens (including phenoxy) is 2. The minimum atomic E-state index is -4.81. The van der Waals surface area contributed by atoms with Crippen molar-refractivity contribution < 1.29 is 32.2 Å². The Morgan fingerprint density at radius 2 is 1.81 bits per heavy atom.